The van der Waals surface area contributed by atoms with Gasteiger partial charge in [0.2, 0.25) is 5.91 Å². The molecule has 0 spiro atoms. The number of benzene rings is 1. The zero-order valence-electron chi connectivity index (χ0n) is 12.1. The molecule has 0 unspecified atom stereocenters. The molecule has 2 nitrogen and oxygen atoms in total. The number of amides is 1. The average Bonchev–Trinajstić information content (AvgIpc) is 2.36. The van der Waals surface area contributed by atoms with Crippen molar-refractivity contribution in [3.05, 3.63) is 35.4 Å². The minimum absolute atomic E-state index is 0.142. The van der Waals surface area contributed by atoms with Crippen molar-refractivity contribution in [2.75, 3.05) is 11.9 Å². The number of carbonyl (C=O) groups excluding carboxylic acids is 1. The van der Waals surface area contributed by atoms with Crippen molar-refractivity contribution in [3.63, 3.8) is 0 Å². The number of alkyl halides is 1. The first-order valence-corrected chi connectivity index (χ1v) is 7.93. The molecule has 1 rings (SSSR count). The first-order chi connectivity index (χ1) is 8.93. The van der Waals surface area contributed by atoms with Crippen molar-refractivity contribution in [1.29, 1.82) is 0 Å². The molecule has 0 bridgehead atoms. The molecule has 19 heavy (non-hydrogen) atoms. The predicted octanol–water partition coefficient (Wildman–Crippen LogP) is 3.86. The standard InChI is InChI=1S/C16H24BrNO/c1-13-4-6-14(7-5-13)8-9-15(19)18-12-16(2,3)10-11-17/h4-7H,8-12H2,1-3H3,(H,18,19). The number of aryl methyl sites for hydroxylation is 2. The van der Waals surface area contributed by atoms with Crippen LogP contribution in [-0.2, 0) is 11.2 Å². The molecule has 0 fully saturated rings. The maximum absolute atomic E-state index is 11.8. The van der Waals surface area contributed by atoms with Gasteiger partial charge in [-0.25, -0.2) is 0 Å². The topological polar surface area (TPSA) is 29.1 Å². The minimum atomic E-state index is 0.142. The first-order valence-electron chi connectivity index (χ1n) is 6.81. The summed E-state index contributed by atoms with van der Waals surface area (Å²) in [7, 11) is 0. The zero-order valence-corrected chi connectivity index (χ0v) is 13.7. The van der Waals surface area contributed by atoms with E-state index >= 15 is 0 Å². The van der Waals surface area contributed by atoms with Crippen molar-refractivity contribution in [3.8, 4) is 0 Å². The van der Waals surface area contributed by atoms with Gasteiger partial charge in [-0.1, -0.05) is 59.6 Å². The van der Waals surface area contributed by atoms with E-state index in [1.807, 2.05) is 0 Å². The van der Waals surface area contributed by atoms with Gasteiger partial charge in [-0.15, -0.1) is 0 Å². The summed E-state index contributed by atoms with van der Waals surface area (Å²) in [6, 6.07) is 8.37. The molecule has 0 saturated carbocycles. The van der Waals surface area contributed by atoms with Gasteiger partial charge < -0.3 is 5.32 Å². The van der Waals surface area contributed by atoms with E-state index in [-0.39, 0.29) is 11.3 Å². The Hall–Kier alpha value is -0.830. The Morgan fingerprint density at radius 3 is 2.47 bits per heavy atom. The van der Waals surface area contributed by atoms with Crippen LogP contribution in [0.15, 0.2) is 24.3 Å². The average molecular weight is 326 g/mol. The Bertz CT molecular complexity index is 398. The van der Waals surface area contributed by atoms with E-state index in [2.05, 4.69) is 66.3 Å². The Morgan fingerprint density at radius 2 is 1.89 bits per heavy atom. The SMILES string of the molecule is Cc1ccc(CCC(=O)NCC(C)(C)CCBr)cc1. The fourth-order valence-electron chi connectivity index (χ4n) is 1.78. The smallest absolute Gasteiger partial charge is 0.220 e. The van der Waals surface area contributed by atoms with Crippen LogP contribution in [-0.4, -0.2) is 17.8 Å². The normalized spacial score (nSPS) is 11.4. The lowest BCUT2D eigenvalue weighted by Gasteiger charge is -2.23. The van der Waals surface area contributed by atoms with Gasteiger partial charge in [-0.05, 0) is 30.7 Å². The third kappa shape index (κ3) is 6.76. The van der Waals surface area contributed by atoms with Gasteiger partial charge >= 0.3 is 0 Å². The van der Waals surface area contributed by atoms with E-state index in [0.717, 1.165) is 24.7 Å². The number of hydrogen-bond donors (Lipinski definition) is 1. The molecule has 0 aliphatic heterocycles. The van der Waals surface area contributed by atoms with Crippen LogP contribution in [0.2, 0.25) is 0 Å². The van der Waals surface area contributed by atoms with Crippen LogP contribution in [0.25, 0.3) is 0 Å². The molecule has 1 aromatic carbocycles. The van der Waals surface area contributed by atoms with E-state index in [0.29, 0.717) is 6.42 Å². The van der Waals surface area contributed by atoms with E-state index in [9.17, 15) is 4.79 Å². The van der Waals surface area contributed by atoms with Crippen LogP contribution in [0.4, 0.5) is 0 Å². The van der Waals surface area contributed by atoms with Crippen molar-refractivity contribution in [1.82, 2.24) is 5.32 Å². The number of halogens is 1. The molecular formula is C16H24BrNO. The molecule has 0 aliphatic carbocycles. The van der Waals surface area contributed by atoms with Gasteiger partial charge in [0, 0.05) is 18.3 Å². The number of hydrogen-bond acceptors (Lipinski definition) is 1. The lowest BCUT2D eigenvalue weighted by Crippen LogP contribution is -2.34. The van der Waals surface area contributed by atoms with Crippen molar-refractivity contribution >= 4 is 21.8 Å². The summed E-state index contributed by atoms with van der Waals surface area (Å²) in [5.41, 5.74) is 2.63. The Morgan fingerprint density at radius 1 is 1.26 bits per heavy atom. The molecule has 0 aliphatic rings. The van der Waals surface area contributed by atoms with Crippen molar-refractivity contribution < 1.29 is 4.79 Å². The van der Waals surface area contributed by atoms with E-state index in [1.165, 1.54) is 11.1 Å². The molecule has 1 amide bonds. The number of nitrogens with one attached hydrogen (secondary N) is 1. The Labute approximate surface area is 125 Å². The summed E-state index contributed by atoms with van der Waals surface area (Å²) < 4.78 is 0. The van der Waals surface area contributed by atoms with Crippen LogP contribution in [0.3, 0.4) is 0 Å². The minimum Gasteiger partial charge on any atom is -0.356 e. The van der Waals surface area contributed by atoms with Crippen LogP contribution < -0.4 is 5.32 Å². The van der Waals surface area contributed by atoms with Crippen LogP contribution >= 0.6 is 15.9 Å². The molecule has 3 heteroatoms. The Kier molecular flexibility index (Phi) is 6.56. The highest BCUT2D eigenvalue weighted by Gasteiger charge is 2.17. The molecule has 0 heterocycles. The maximum Gasteiger partial charge on any atom is 0.220 e. The second-order valence-electron chi connectivity index (χ2n) is 5.87. The van der Waals surface area contributed by atoms with Crippen molar-refractivity contribution in [2.24, 2.45) is 5.41 Å². The quantitative estimate of drug-likeness (QED) is 0.758. The summed E-state index contributed by atoms with van der Waals surface area (Å²) in [6.45, 7) is 7.16. The number of rotatable bonds is 7. The summed E-state index contributed by atoms with van der Waals surface area (Å²) >= 11 is 3.45. The molecule has 0 aromatic heterocycles. The van der Waals surface area contributed by atoms with E-state index in [4.69, 9.17) is 0 Å². The van der Waals surface area contributed by atoms with Crippen LogP contribution in [0.5, 0.6) is 0 Å². The fourth-order valence-corrected chi connectivity index (χ4v) is 2.86. The molecule has 0 atom stereocenters. The molecular weight excluding hydrogens is 302 g/mol. The number of carbonyl (C=O) groups is 1. The summed E-state index contributed by atoms with van der Waals surface area (Å²) in [6.07, 6.45) is 2.43. The monoisotopic (exact) mass is 325 g/mol. The van der Waals surface area contributed by atoms with E-state index in [1.54, 1.807) is 0 Å². The zero-order chi connectivity index (χ0) is 14.3. The van der Waals surface area contributed by atoms with Gasteiger partial charge in [0.15, 0.2) is 0 Å². The van der Waals surface area contributed by atoms with Gasteiger partial charge in [0.1, 0.15) is 0 Å². The molecule has 1 N–H and O–H groups in total. The van der Waals surface area contributed by atoms with Crippen LogP contribution in [0.1, 0.15) is 37.8 Å². The highest BCUT2D eigenvalue weighted by Crippen LogP contribution is 2.19. The third-order valence-corrected chi connectivity index (χ3v) is 3.69. The first kappa shape index (κ1) is 16.2. The lowest BCUT2D eigenvalue weighted by molar-refractivity contribution is -0.121. The second-order valence-corrected chi connectivity index (χ2v) is 6.66. The fraction of sp³-hybridized carbons (Fsp3) is 0.562. The molecule has 1 aromatic rings. The summed E-state index contributed by atoms with van der Waals surface area (Å²) in [4.78, 5) is 11.8. The van der Waals surface area contributed by atoms with E-state index < -0.39 is 0 Å². The summed E-state index contributed by atoms with van der Waals surface area (Å²) in [5.74, 6) is 0.142. The Balaban J connectivity index is 2.30. The highest BCUT2D eigenvalue weighted by molar-refractivity contribution is 9.09. The largest absolute Gasteiger partial charge is 0.356 e. The highest BCUT2D eigenvalue weighted by atomic mass is 79.9. The predicted molar refractivity (Wildman–Crippen MR) is 84.7 cm³/mol. The maximum atomic E-state index is 11.8. The van der Waals surface area contributed by atoms with Crippen molar-refractivity contribution in [2.45, 2.75) is 40.0 Å². The third-order valence-electron chi connectivity index (χ3n) is 3.30. The summed E-state index contributed by atoms with van der Waals surface area (Å²) in [5, 5.41) is 4.00. The van der Waals surface area contributed by atoms with Gasteiger partial charge in [-0.2, -0.15) is 0 Å². The van der Waals surface area contributed by atoms with Crippen LogP contribution in [0, 0.1) is 12.3 Å². The lowest BCUT2D eigenvalue weighted by atomic mass is 9.90. The van der Waals surface area contributed by atoms with Gasteiger partial charge in [0.25, 0.3) is 0 Å². The molecule has 0 radical (unpaired) electrons. The molecule has 0 saturated heterocycles. The molecule has 106 valence electrons. The second kappa shape index (κ2) is 7.68. The van der Waals surface area contributed by atoms with Gasteiger partial charge in [0.05, 0.1) is 0 Å². The van der Waals surface area contributed by atoms with Gasteiger partial charge in [-0.3, -0.25) is 4.79 Å².